The van der Waals surface area contributed by atoms with Crippen molar-refractivity contribution >= 4 is 65.7 Å². The minimum absolute atomic E-state index is 0.0151. The second-order valence-electron chi connectivity index (χ2n) is 6.64. The number of rotatable bonds is 8. The van der Waals surface area contributed by atoms with Crippen molar-refractivity contribution in [3.05, 3.63) is 41.7 Å². The predicted molar refractivity (Wildman–Crippen MR) is 123 cm³/mol. The fraction of sp³-hybridized carbons (Fsp3) is 0.450. The van der Waals surface area contributed by atoms with Crippen LogP contribution in [0.3, 0.4) is 0 Å². The van der Waals surface area contributed by atoms with Crippen LogP contribution >= 0.6 is 43.6 Å². The molecule has 0 fully saturated rings. The molecule has 0 aliphatic carbocycles. The molecular weight excluding hydrogens is 508 g/mol. The first-order valence-corrected chi connectivity index (χ1v) is 12.0. The van der Waals surface area contributed by atoms with Crippen LogP contribution in [0.1, 0.15) is 46.0 Å². The van der Waals surface area contributed by atoms with Crippen molar-refractivity contribution in [1.29, 1.82) is 0 Å². The quantitative estimate of drug-likeness (QED) is 0.152. The van der Waals surface area contributed by atoms with Crippen LogP contribution in [0, 0.1) is 0 Å². The highest BCUT2D eigenvalue weighted by atomic mass is 79.9. The van der Waals surface area contributed by atoms with Gasteiger partial charge in [-0.3, -0.25) is 14.2 Å². The molecule has 3 rings (SSSR count). The van der Waals surface area contributed by atoms with Crippen LogP contribution < -0.4 is 11.0 Å². The molecule has 0 aliphatic rings. The van der Waals surface area contributed by atoms with Gasteiger partial charge in [-0.1, -0.05) is 60.8 Å². The molecule has 0 amide bonds. The van der Waals surface area contributed by atoms with Crippen molar-refractivity contribution in [3.63, 3.8) is 0 Å². The van der Waals surface area contributed by atoms with Crippen LogP contribution in [0.2, 0.25) is 0 Å². The summed E-state index contributed by atoms with van der Waals surface area (Å²) < 4.78 is 8.90. The Hall–Kier alpha value is -1.12. The first-order valence-electron chi connectivity index (χ1n) is 9.47. The smallest absolute Gasteiger partial charge is 0.269 e. The summed E-state index contributed by atoms with van der Waals surface area (Å²) in [4.78, 5) is 30.8. The summed E-state index contributed by atoms with van der Waals surface area (Å²) in [5.41, 5.74) is -0.163. The summed E-state index contributed by atoms with van der Waals surface area (Å²) in [5, 5.41) is 0.989. The maximum absolute atomic E-state index is 13.1. The highest BCUT2D eigenvalue weighted by Crippen LogP contribution is 2.29. The number of nitrogens with zero attached hydrogens (tertiary/aromatic N) is 2. The Labute approximate surface area is 184 Å². The third-order valence-corrected chi connectivity index (χ3v) is 6.57. The minimum atomic E-state index is -0.347. The first kappa shape index (κ1) is 21.6. The van der Waals surface area contributed by atoms with Gasteiger partial charge < -0.3 is 4.42 Å². The van der Waals surface area contributed by atoms with E-state index in [4.69, 9.17) is 4.42 Å². The molecule has 0 aliphatic heterocycles. The van der Waals surface area contributed by atoms with E-state index in [0.29, 0.717) is 27.1 Å². The van der Waals surface area contributed by atoms with Crippen molar-refractivity contribution in [3.8, 4) is 0 Å². The number of fused-ring (bicyclic) bond motifs is 2. The number of aromatic nitrogens is 2. The average molecular weight is 530 g/mol. The van der Waals surface area contributed by atoms with E-state index in [9.17, 15) is 9.59 Å². The summed E-state index contributed by atoms with van der Waals surface area (Å²) in [6.45, 7) is 4.71. The average Bonchev–Trinajstić information content (AvgIpc) is 2.65. The standard InChI is InChI=1S/C20H22Br2N2O3S/c1-3-5-6-7-9-28-20-23-18-15(19(26)24(20)8-4-2)16(25)13-10-12(21)11-14(22)17(13)27-18/h10-11H,3-9H2,1-2H3. The first-order chi connectivity index (χ1) is 13.5. The van der Waals surface area contributed by atoms with E-state index < -0.39 is 0 Å². The van der Waals surface area contributed by atoms with E-state index in [1.165, 1.54) is 12.8 Å². The van der Waals surface area contributed by atoms with Crippen LogP contribution in [0.25, 0.3) is 22.1 Å². The molecule has 2 aromatic heterocycles. The Morgan fingerprint density at radius 1 is 1.11 bits per heavy atom. The molecule has 0 saturated heterocycles. The third kappa shape index (κ3) is 4.39. The molecule has 150 valence electrons. The molecule has 3 aromatic rings. The van der Waals surface area contributed by atoms with Crippen molar-refractivity contribution in [2.24, 2.45) is 0 Å². The molecule has 8 heteroatoms. The van der Waals surface area contributed by atoms with E-state index in [1.807, 2.05) is 6.92 Å². The molecule has 0 radical (unpaired) electrons. The number of hydrogen-bond donors (Lipinski definition) is 0. The van der Waals surface area contributed by atoms with Crippen molar-refractivity contribution in [2.75, 3.05) is 5.75 Å². The number of thioether (sulfide) groups is 1. The lowest BCUT2D eigenvalue weighted by atomic mass is 10.2. The van der Waals surface area contributed by atoms with Crippen molar-refractivity contribution < 1.29 is 4.42 Å². The molecule has 0 saturated carbocycles. The van der Waals surface area contributed by atoms with E-state index in [2.05, 4.69) is 43.8 Å². The Bertz CT molecular complexity index is 1120. The molecule has 2 heterocycles. The number of benzene rings is 1. The number of unbranched alkanes of at least 4 members (excludes halogenated alkanes) is 3. The van der Waals surface area contributed by atoms with Gasteiger partial charge in [0.25, 0.3) is 5.56 Å². The van der Waals surface area contributed by atoms with Gasteiger partial charge in [0.2, 0.25) is 11.1 Å². The van der Waals surface area contributed by atoms with Crippen LogP contribution in [-0.2, 0) is 6.54 Å². The Balaban J connectivity index is 2.16. The zero-order valence-corrected chi connectivity index (χ0v) is 19.9. The zero-order chi connectivity index (χ0) is 20.3. The van der Waals surface area contributed by atoms with E-state index in [1.54, 1.807) is 28.5 Å². The summed E-state index contributed by atoms with van der Waals surface area (Å²) in [5.74, 6) is 0.885. The zero-order valence-electron chi connectivity index (χ0n) is 15.9. The molecule has 1 aromatic carbocycles. The van der Waals surface area contributed by atoms with Crippen molar-refractivity contribution in [1.82, 2.24) is 9.55 Å². The molecule has 0 spiro atoms. The van der Waals surface area contributed by atoms with Crippen molar-refractivity contribution in [2.45, 2.75) is 57.7 Å². The predicted octanol–water partition coefficient (Wildman–Crippen LogP) is 6.11. The van der Waals surface area contributed by atoms with Gasteiger partial charge >= 0.3 is 0 Å². The summed E-state index contributed by atoms with van der Waals surface area (Å²) in [6.07, 6.45) is 5.41. The third-order valence-electron chi connectivity index (χ3n) is 4.46. The van der Waals surface area contributed by atoms with Gasteiger partial charge in [-0.15, -0.1) is 0 Å². The maximum Gasteiger partial charge on any atom is 0.269 e. The lowest BCUT2D eigenvalue weighted by molar-refractivity contribution is 0.562. The fourth-order valence-corrected chi connectivity index (χ4v) is 5.39. The topological polar surface area (TPSA) is 65.1 Å². The number of halogens is 2. The maximum atomic E-state index is 13.1. The Kier molecular flexibility index (Phi) is 7.39. The van der Waals surface area contributed by atoms with Gasteiger partial charge in [0, 0.05) is 16.8 Å². The largest absolute Gasteiger partial charge is 0.436 e. The van der Waals surface area contributed by atoms with Gasteiger partial charge in [-0.05, 0) is 40.9 Å². The number of hydrogen-bond acceptors (Lipinski definition) is 5. The SMILES string of the molecule is CCCCCCSc1nc2oc3c(Br)cc(Br)cc3c(=O)c2c(=O)n1CCC. The Morgan fingerprint density at radius 2 is 1.89 bits per heavy atom. The molecule has 0 atom stereocenters. The Morgan fingerprint density at radius 3 is 2.61 bits per heavy atom. The molecule has 0 unspecified atom stereocenters. The highest BCUT2D eigenvalue weighted by molar-refractivity contribution is 9.11. The van der Waals surface area contributed by atoms with Crippen LogP contribution in [0.4, 0.5) is 0 Å². The monoisotopic (exact) mass is 528 g/mol. The normalized spacial score (nSPS) is 11.6. The van der Waals surface area contributed by atoms with E-state index in [0.717, 1.165) is 29.5 Å². The second-order valence-corrected chi connectivity index (χ2v) is 9.47. The van der Waals surface area contributed by atoms with Gasteiger partial charge in [-0.2, -0.15) is 4.98 Å². The van der Waals surface area contributed by atoms with Crippen LogP contribution in [-0.4, -0.2) is 15.3 Å². The van der Waals surface area contributed by atoms with Gasteiger partial charge in [0.1, 0.15) is 0 Å². The molecule has 0 bridgehead atoms. The fourth-order valence-electron chi connectivity index (χ4n) is 3.07. The van der Waals surface area contributed by atoms with E-state index in [-0.39, 0.29) is 22.1 Å². The molecule has 0 N–H and O–H groups in total. The van der Waals surface area contributed by atoms with Gasteiger partial charge in [0.05, 0.1) is 9.86 Å². The minimum Gasteiger partial charge on any atom is -0.436 e. The summed E-state index contributed by atoms with van der Waals surface area (Å²) in [7, 11) is 0. The summed E-state index contributed by atoms with van der Waals surface area (Å²) >= 11 is 8.37. The van der Waals surface area contributed by atoms with Gasteiger partial charge in [-0.25, -0.2) is 0 Å². The lowest BCUT2D eigenvalue weighted by Gasteiger charge is -2.12. The second kappa shape index (κ2) is 9.59. The highest BCUT2D eigenvalue weighted by Gasteiger charge is 2.19. The van der Waals surface area contributed by atoms with Crippen LogP contribution in [0.5, 0.6) is 0 Å². The molecular formula is C20H22Br2N2O3S. The van der Waals surface area contributed by atoms with Gasteiger partial charge in [0.15, 0.2) is 16.1 Å². The lowest BCUT2D eigenvalue weighted by Crippen LogP contribution is -2.27. The van der Waals surface area contributed by atoms with E-state index >= 15 is 0 Å². The molecule has 5 nitrogen and oxygen atoms in total. The van der Waals surface area contributed by atoms with Crippen LogP contribution in [0.15, 0.2) is 40.2 Å². The summed E-state index contributed by atoms with van der Waals surface area (Å²) in [6, 6.07) is 3.48. The molecule has 28 heavy (non-hydrogen) atoms.